The van der Waals surface area contributed by atoms with Gasteiger partial charge in [-0.3, -0.25) is 25.2 Å². The zero-order valence-electron chi connectivity index (χ0n) is 16.9. The molecule has 0 aliphatic rings. The number of rotatable bonds is 9. The van der Waals surface area contributed by atoms with E-state index in [1.54, 1.807) is 24.3 Å². The van der Waals surface area contributed by atoms with E-state index in [2.05, 4.69) is 32.1 Å². The van der Waals surface area contributed by atoms with E-state index in [0.717, 1.165) is 12.8 Å². The Morgan fingerprint density at radius 1 is 0.903 bits per heavy atom. The van der Waals surface area contributed by atoms with Gasteiger partial charge in [-0.1, -0.05) is 42.5 Å². The fourth-order valence-corrected chi connectivity index (χ4v) is 3.25. The van der Waals surface area contributed by atoms with Crippen LogP contribution < -0.4 is 16.2 Å². The van der Waals surface area contributed by atoms with Gasteiger partial charge in [0.05, 0.1) is 12.2 Å². The molecule has 7 nitrogen and oxygen atoms in total. The Kier molecular flexibility index (Phi) is 10.7. The first-order chi connectivity index (χ1) is 15.0. The number of carbonyl (C=O) groups is 3. The topological polar surface area (TPSA) is 96.5 Å². The van der Waals surface area contributed by atoms with Crippen LogP contribution >= 0.6 is 28.1 Å². The van der Waals surface area contributed by atoms with Crippen LogP contribution in [0.15, 0.2) is 59.1 Å². The minimum absolute atomic E-state index is 0.0334. The maximum atomic E-state index is 12.1. The summed E-state index contributed by atoms with van der Waals surface area (Å²) in [5.74, 6) is -1.09. The number of amides is 2. The third-order valence-electron chi connectivity index (χ3n) is 4.16. The lowest BCUT2D eigenvalue weighted by molar-refractivity contribution is -0.143. The van der Waals surface area contributed by atoms with Crippen molar-refractivity contribution in [1.29, 1.82) is 0 Å². The molecule has 0 unspecified atom stereocenters. The van der Waals surface area contributed by atoms with E-state index in [9.17, 15) is 14.4 Å². The maximum absolute atomic E-state index is 12.1. The third kappa shape index (κ3) is 9.71. The first-order valence-corrected chi connectivity index (χ1v) is 11.0. The molecule has 0 aliphatic carbocycles. The van der Waals surface area contributed by atoms with Crippen LogP contribution in [0.4, 0.5) is 0 Å². The number of halogens is 1. The average molecular weight is 506 g/mol. The van der Waals surface area contributed by atoms with E-state index in [-0.39, 0.29) is 29.8 Å². The van der Waals surface area contributed by atoms with Gasteiger partial charge >= 0.3 is 5.97 Å². The summed E-state index contributed by atoms with van der Waals surface area (Å²) in [7, 11) is 0. The lowest BCUT2D eigenvalue weighted by Crippen LogP contribution is -2.48. The molecular formula is C22H24BrN3O4S. The smallest absolute Gasteiger partial charge is 0.305 e. The van der Waals surface area contributed by atoms with E-state index in [0.29, 0.717) is 23.1 Å². The summed E-state index contributed by atoms with van der Waals surface area (Å²) < 4.78 is 5.82. The largest absolute Gasteiger partial charge is 0.466 e. The lowest BCUT2D eigenvalue weighted by atomic mass is 10.1. The molecule has 0 aromatic heterocycles. The van der Waals surface area contributed by atoms with Crippen molar-refractivity contribution in [3.05, 3.63) is 70.2 Å². The van der Waals surface area contributed by atoms with Crippen molar-refractivity contribution in [3.8, 4) is 0 Å². The summed E-state index contributed by atoms with van der Waals surface area (Å²) in [6.07, 6.45) is 2.20. The summed E-state index contributed by atoms with van der Waals surface area (Å²) in [6, 6.07) is 16.9. The van der Waals surface area contributed by atoms with Gasteiger partial charge in [-0.25, -0.2) is 0 Å². The van der Waals surface area contributed by atoms with Crippen LogP contribution in [0.2, 0.25) is 0 Å². The number of thiocarbonyl (C=S) groups is 1. The van der Waals surface area contributed by atoms with Crippen LogP contribution in [-0.2, 0) is 20.7 Å². The van der Waals surface area contributed by atoms with E-state index in [4.69, 9.17) is 17.0 Å². The predicted molar refractivity (Wildman–Crippen MR) is 125 cm³/mol. The fraction of sp³-hybridized carbons (Fsp3) is 0.273. The van der Waals surface area contributed by atoms with Crippen molar-refractivity contribution >= 4 is 51.0 Å². The summed E-state index contributed by atoms with van der Waals surface area (Å²) in [5.41, 5.74) is 6.51. The molecule has 0 fully saturated rings. The minimum atomic E-state index is -0.404. The second-order valence-corrected chi connectivity index (χ2v) is 7.86. The van der Waals surface area contributed by atoms with Gasteiger partial charge in [0.15, 0.2) is 5.11 Å². The molecule has 0 bridgehead atoms. The average Bonchev–Trinajstić information content (AvgIpc) is 2.76. The molecule has 2 aromatic carbocycles. The minimum Gasteiger partial charge on any atom is -0.466 e. The molecule has 164 valence electrons. The molecule has 2 rings (SSSR count). The highest BCUT2D eigenvalue weighted by Gasteiger charge is 2.11. The van der Waals surface area contributed by atoms with Crippen LogP contribution in [-0.4, -0.2) is 29.5 Å². The number of nitrogens with one attached hydrogen (secondary N) is 3. The van der Waals surface area contributed by atoms with Crippen molar-refractivity contribution in [2.75, 3.05) is 6.61 Å². The molecule has 2 aromatic rings. The Morgan fingerprint density at radius 3 is 2.35 bits per heavy atom. The highest BCUT2D eigenvalue weighted by Crippen LogP contribution is 2.15. The standard InChI is InChI=1S/C22H24BrN3O4S/c23-18-12-5-4-11-17(18)21(29)25-26-22(31)24-19(27)13-6-14-20(28)30-15-7-10-16-8-2-1-3-9-16/h1-5,8-9,11-12H,6-7,10,13-15H2,(H,25,29)(H2,24,26,27,31). The molecular weight excluding hydrogens is 482 g/mol. The number of carbonyl (C=O) groups excluding carboxylic acids is 3. The predicted octanol–water partition coefficient (Wildman–Crippen LogP) is 3.43. The molecule has 0 radical (unpaired) electrons. The Balaban J connectivity index is 1.54. The Morgan fingerprint density at radius 2 is 1.61 bits per heavy atom. The van der Waals surface area contributed by atoms with E-state index >= 15 is 0 Å². The maximum Gasteiger partial charge on any atom is 0.305 e. The zero-order chi connectivity index (χ0) is 22.5. The first kappa shape index (κ1) is 24.5. The lowest BCUT2D eigenvalue weighted by Gasteiger charge is -2.11. The van der Waals surface area contributed by atoms with E-state index in [1.165, 1.54) is 5.56 Å². The fourth-order valence-electron chi connectivity index (χ4n) is 2.62. The molecule has 31 heavy (non-hydrogen) atoms. The van der Waals surface area contributed by atoms with Crippen LogP contribution in [0.25, 0.3) is 0 Å². The molecule has 0 heterocycles. The molecule has 0 saturated carbocycles. The third-order valence-corrected chi connectivity index (χ3v) is 5.06. The summed E-state index contributed by atoms with van der Waals surface area (Å²) in [6.45, 7) is 0.352. The van der Waals surface area contributed by atoms with Gasteiger partial charge < -0.3 is 10.1 Å². The Bertz CT molecular complexity index is 909. The second kappa shape index (κ2) is 13.5. The van der Waals surface area contributed by atoms with Gasteiger partial charge in [0, 0.05) is 17.3 Å². The van der Waals surface area contributed by atoms with Crippen molar-refractivity contribution in [2.45, 2.75) is 32.1 Å². The van der Waals surface area contributed by atoms with Crippen LogP contribution in [0.1, 0.15) is 41.6 Å². The molecule has 3 N–H and O–H groups in total. The first-order valence-electron chi connectivity index (χ1n) is 9.80. The van der Waals surface area contributed by atoms with Crippen LogP contribution in [0, 0.1) is 0 Å². The molecule has 0 aliphatic heterocycles. The van der Waals surface area contributed by atoms with Gasteiger partial charge in [-0.2, -0.15) is 0 Å². The summed E-state index contributed by atoms with van der Waals surface area (Å²) in [5, 5.41) is 2.41. The van der Waals surface area contributed by atoms with Gasteiger partial charge in [0.25, 0.3) is 5.91 Å². The zero-order valence-corrected chi connectivity index (χ0v) is 19.3. The summed E-state index contributed by atoms with van der Waals surface area (Å²) in [4.78, 5) is 35.7. The van der Waals surface area contributed by atoms with Crippen molar-refractivity contribution in [3.63, 3.8) is 0 Å². The van der Waals surface area contributed by atoms with Crippen molar-refractivity contribution < 1.29 is 19.1 Å². The summed E-state index contributed by atoms with van der Waals surface area (Å²) >= 11 is 8.27. The number of ether oxygens (including phenoxy) is 1. The quantitative estimate of drug-likeness (QED) is 0.209. The Labute approximate surface area is 195 Å². The van der Waals surface area contributed by atoms with Crippen LogP contribution in [0.5, 0.6) is 0 Å². The SMILES string of the molecule is O=C(CCCC(=O)OCCCc1ccccc1)NC(=S)NNC(=O)c1ccccc1Br. The molecule has 2 amide bonds. The van der Waals surface area contributed by atoms with Crippen molar-refractivity contribution in [1.82, 2.24) is 16.2 Å². The molecule has 0 spiro atoms. The number of aryl methyl sites for hydroxylation is 1. The highest BCUT2D eigenvalue weighted by molar-refractivity contribution is 9.10. The number of esters is 1. The Hall–Kier alpha value is -2.78. The van der Waals surface area contributed by atoms with Gasteiger partial charge in [0.1, 0.15) is 0 Å². The van der Waals surface area contributed by atoms with Crippen molar-refractivity contribution in [2.24, 2.45) is 0 Å². The molecule has 9 heteroatoms. The second-order valence-electron chi connectivity index (χ2n) is 6.60. The van der Waals surface area contributed by atoms with Crippen LogP contribution in [0.3, 0.4) is 0 Å². The van der Waals surface area contributed by atoms with Gasteiger partial charge in [-0.05, 0) is 65.1 Å². The highest BCUT2D eigenvalue weighted by atomic mass is 79.9. The van der Waals surface area contributed by atoms with E-state index < -0.39 is 5.91 Å². The van der Waals surface area contributed by atoms with E-state index in [1.807, 2.05) is 30.3 Å². The van der Waals surface area contributed by atoms with Gasteiger partial charge in [0.2, 0.25) is 5.91 Å². The van der Waals surface area contributed by atoms with Gasteiger partial charge in [-0.15, -0.1) is 0 Å². The number of hydrogen-bond donors (Lipinski definition) is 3. The molecule has 0 atom stereocenters. The normalized spacial score (nSPS) is 10.1. The number of hydrogen-bond acceptors (Lipinski definition) is 5. The monoisotopic (exact) mass is 505 g/mol. The number of benzene rings is 2. The number of hydrazine groups is 1. The molecule has 0 saturated heterocycles.